The Morgan fingerprint density at radius 2 is 1.89 bits per heavy atom. The Bertz CT molecular complexity index is 1100. The van der Waals surface area contributed by atoms with Gasteiger partial charge in [0.05, 0.1) is 12.1 Å². The molecule has 3 N–H and O–H groups in total. The number of amides is 5. The summed E-state index contributed by atoms with van der Waals surface area (Å²) in [6, 6.07) is 3.90. The van der Waals surface area contributed by atoms with Crippen LogP contribution in [-0.2, 0) is 34.5 Å². The van der Waals surface area contributed by atoms with Crippen LogP contribution < -0.4 is 16.0 Å². The van der Waals surface area contributed by atoms with Crippen molar-refractivity contribution in [3.63, 3.8) is 0 Å². The fraction of sp³-hybridized carbons (Fsp3) is 0.520. The Balaban J connectivity index is 1.83. The highest BCUT2D eigenvalue weighted by molar-refractivity contribution is 7.98. The minimum Gasteiger partial charge on any atom is -0.459 e. The van der Waals surface area contributed by atoms with Gasteiger partial charge in [0.2, 0.25) is 29.5 Å². The number of carbonyl (C=O) groups excluding carboxylic acids is 6. The molecule has 0 aromatic heterocycles. The molecule has 1 saturated heterocycles. The lowest BCUT2D eigenvalue weighted by atomic mass is 10.1. The summed E-state index contributed by atoms with van der Waals surface area (Å²) in [5.41, 5.74) is 0.950. The molecule has 1 aromatic carbocycles. The number of nitrogens with zero attached hydrogens (tertiary/aromatic N) is 2. The number of nitrogens with one attached hydrogen (secondary N) is 3. The molecule has 1 fully saturated rings. The largest absolute Gasteiger partial charge is 0.459 e. The van der Waals surface area contributed by atoms with Crippen LogP contribution in [0.2, 0.25) is 0 Å². The molecule has 0 bridgehead atoms. The van der Waals surface area contributed by atoms with Crippen molar-refractivity contribution in [1.29, 1.82) is 0 Å². The highest BCUT2D eigenvalue weighted by Crippen LogP contribution is 2.20. The van der Waals surface area contributed by atoms with Gasteiger partial charge in [-0.15, -0.1) is 0 Å². The molecule has 12 nitrogen and oxygen atoms in total. The lowest BCUT2D eigenvalue weighted by Crippen LogP contribution is -2.56. The molecule has 206 valence electrons. The topological polar surface area (TPSA) is 154 Å². The fourth-order valence-electron chi connectivity index (χ4n) is 4.26. The maximum Gasteiger partial charge on any atom is 0.338 e. The van der Waals surface area contributed by atoms with Gasteiger partial charge in [0, 0.05) is 39.1 Å². The zero-order chi connectivity index (χ0) is 27.8. The van der Waals surface area contributed by atoms with Gasteiger partial charge in [0.15, 0.2) is 0 Å². The number of likely N-dealkylation sites (tertiary alicyclic amines) is 1. The number of fused-ring (bicyclic) bond motifs is 1. The second-order valence-electron chi connectivity index (χ2n) is 9.27. The Morgan fingerprint density at radius 1 is 1.16 bits per heavy atom. The molecule has 0 unspecified atom stereocenters. The molecule has 3 atom stereocenters. The lowest BCUT2D eigenvalue weighted by Gasteiger charge is -2.25. The zero-order valence-electron chi connectivity index (χ0n) is 21.7. The van der Waals surface area contributed by atoms with Gasteiger partial charge < -0.3 is 30.5 Å². The van der Waals surface area contributed by atoms with Gasteiger partial charge in [0.1, 0.15) is 24.7 Å². The molecule has 0 aliphatic carbocycles. The van der Waals surface area contributed by atoms with Crippen molar-refractivity contribution in [3.8, 4) is 0 Å². The van der Waals surface area contributed by atoms with E-state index in [-0.39, 0.29) is 17.6 Å². The van der Waals surface area contributed by atoms with Crippen LogP contribution in [0.4, 0.5) is 0 Å². The van der Waals surface area contributed by atoms with Gasteiger partial charge in [-0.1, -0.05) is 18.2 Å². The summed E-state index contributed by atoms with van der Waals surface area (Å²) in [6.45, 7) is 0.867. The highest BCUT2D eigenvalue weighted by atomic mass is 32.2. The van der Waals surface area contributed by atoms with Crippen LogP contribution in [0.5, 0.6) is 0 Å². The maximum absolute atomic E-state index is 13.0. The number of carbonyl (C=O) groups is 6. The van der Waals surface area contributed by atoms with Gasteiger partial charge in [-0.25, -0.2) is 4.79 Å². The number of hydrogen-bond donors (Lipinski definition) is 3. The number of benzene rings is 1. The minimum absolute atomic E-state index is 0.243. The van der Waals surface area contributed by atoms with Crippen LogP contribution in [0, 0.1) is 0 Å². The van der Waals surface area contributed by atoms with Crippen molar-refractivity contribution in [2.45, 2.75) is 43.6 Å². The van der Waals surface area contributed by atoms with Gasteiger partial charge in [-0.3, -0.25) is 24.0 Å². The maximum atomic E-state index is 13.0. The standard InChI is InChI=1S/C25H33N5O7S/c1-15(31)30-10-6-9-20(30)23(34)28-18-12-37-25(36)17-8-5-4-7-16(17)13-38-14-19(24(35)29(2)3)27-21(32)11-26-22(18)33/h4-5,7-8,18-20H,6,9-14H2,1-3H3,(H,26,33)(H,27,32)(H,28,34)/t18-,19-,20+/m1/s1. The summed E-state index contributed by atoms with van der Waals surface area (Å²) in [6.07, 6.45) is 1.08. The summed E-state index contributed by atoms with van der Waals surface area (Å²) in [5, 5.41) is 7.65. The molecule has 3 rings (SSSR count). The van der Waals surface area contributed by atoms with E-state index < -0.39 is 55.0 Å². The van der Waals surface area contributed by atoms with E-state index in [4.69, 9.17) is 4.74 Å². The van der Waals surface area contributed by atoms with E-state index in [0.29, 0.717) is 36.3 Å². The molecule has 0 spiro atoms. The first-order valence-electron chi connectivity index (χ1n) is 12.3. The van der Waals surface area contributed by atoms with Gasteiger partial charge >= 0.3 is 5.97 Å². The summed E-state index contributed by atoms with van der Waals surface area (Å²) >= 11 is 1.37. The monoisotopic (exact) mass is 547 g/mol. The van der Waals surface area contributed by atoms with E-state index >= 15 is 0 Å². The third-order valence-electron chi connectivity index (χ3n) is 6.25. The number of rotatable bonds is 3. The summed E-state index contributed by atoms with van der Waals surface area (Å²) in [4.78, 5) is 78.8. The molecule has 0 saturated carbocycles. The van der Waals surface area contributed by atoms with Gasteiger partial charge in [-0.05, 0) is 24.5 Å². The second kappa shape index (κ2) is 13.3. The molecule has 2 aliphatic heterocycles. The molecule has 2 heterocycles. The lowest BCUT2D eigenvalue weighted by molar-refractivity contribution is -0.138. The molecule has 38 heavy (non-hydrogen) atoms. The van der Waals surface area contributed by atoms with E-state index in [1.807, 2.05) is 0 Å². The SMILES string of the molecule is CC(=O)N1CCC[C@H]1C(=O)N[C@@H]1COC(=O)c2ccccc2CSC[C@H](C(=O)N(C)C)NC(=O)CNC1=O. The van der Waals surface area contributed by atoms with Crippen molar-refractivity contribution >= 4 is 47.3 Å². The fourth-order valence-corrected chi connectivity index (χ4v) is 5.31. The molecule has 1 aromatic rings. The van der Waals surface area contributed by atoms with Crippen LogP contribution in [-0.4, -0.2) is 103 Å². The van der Waals surface area contributed by atoms with Gasteiger partial charge in [-0.2, -0.15) is 11.8 Å². The minimum atomic E-state index is -1.31. The number of hydrogen-bond acceptors (Lipinski definition) is 8. The van der Waals surface area contributed by atoms with Crippen molar-refractivity contribution in [2.75, 3.05) is 39.5 Å². The van der Waals surface area contributed by atoms with E-state index in [9.17, 15) is 28.8 Å². The average Bonchev–Trinajstić information content (AvgIpc) is 3.39. The van der Waals surface area contributed by atoms with Gasteiger partial charge in [0.25, 0.3) is 0 Å². The van der Waals surface area contributed by atoms with Crippen LogP contribution in [0.25, 0.3) is 0 Å². The predicted octanol–water partition coefficient (Wildman–Crippen LogP) is -0.725. The van der Waals surface area contributed by atoms with Crippen molar-refractivity contribution in [3.05, 3.63) is 35.4 Å². The smallest absolute Gasteiger partial charge is 0.338 e. The van der Waals surface area contributed by atoms with E-state index in [1.54, 1.807) is 38.4 Å². The number of thioether (sulfide) groups is 1. The molecule has 5 amide bonds. The molecule has 13 heteroatoms. The first-order chi connectivity index (χ1) is 18.1. The molecular formula is C25H33N5O7S. The summed E-state index contributed by atoms with van der Waals surface area (Å²) < 4.78 is 5.42. The van der Waals surface area contributed by atoms with E-state index in [0.717, 1.165) is 0 Å². The van der Waals surface area contributed by atoms with E-state index in [1.165, 1.54) is 28.5 Å². The Hall–Kier alpha value is -3.61. The number of ether oxygens (including phenoxy) is 1. The van der Waals surface area contributed by atoms with Crippen molar-refractivity contribution in [2.24, 2.45) is 0 Å². The Kier molecular flexibility index (Phi) is 10.1. The van der Waals surface area contributed by atoms with E-state index in [2.05, 4.69) is 16.0 Å². The van der Waals surface area contributed by atoms with Crippen molar-refractivity contribution < 1.29 is 33.5 Å². The van der Waals surface area contributed by atoms with Crippen LogP contribution in [0.3, 0.4) is 0 Å². The highest BCUT2D eigenvalue weighted by Gasteiger charge is 2.35. The quantitative estimate of drug-likeness (QED) is 0.419. The average molecular weight is 548 g/mol. The third kappa shape index (κ3) is 7.46. The van der Waals surface area contributed by atoms with Crippen LogP contribution >= 0.6 is 11.8 Å². The number of likely N-dealkylation sites (N-methyl/N-ethyl adjacent to an activating group) is 1. The Labute approximate surface area is 225 Å². The molecule has 0 radical (unpaired) electrons. The zero-order valence-corrected chi connectivity index (χ0v) is 22.5. The van der Waals surface area contributed by atoms with Crippen molar-refractivity contribution in [1.82, 2.24) is 25.8 Å². The number of esters is 1. The van der Waals surface area contributed by atoms with Crippen LogP contribution in [0.1, 0.15) is 35.7 Å². The normalized spacial score (nSPS) is 23.1. The number of cyclic esters (lactones) is 1. The third-order valence-corrected chi connectivity index (χ3v) is 7.33. The first-order valence-corrected chi connectivity index (χ1v) is 13.4. The summed E-state index contributed by atoms with van der Waals surface area (Å²) in [7, 11) is 3.15. The second-order valence-corrected chi connectivity index (χ2v) is 10.3. The van der Waals surface area contributed by atoms with Crippen LogP contribution in [0.15, 0.2) is 24.3 Å². The Morgan fingerprint density at radius 3 is 2.61 bits per heavy atom. The molecule has 2 aliphatic rings. The first kappa shape index (κ1) is 29.0. The molecular weight excluding hydrogens is 514 g/mol. The predicted molar refractivity (Wildman–Crippen MR) is 139 cm³/mol. The summed E-state index contributed by atoms with van der Waals surface area (Å²) in [5.74, 6) is -2.52.